The lowest BCUT2D eigenvalue weighted by Gasteiger charge is -2.25. The van der Waals surface area contributed by atoms with Crippen molar-refractivity contribution in [3.63, 3.8) is 0 Å². The van der Waals surface area contributed by atoms with Gasteiger partial charge in [-0.25, -0.2) is 4.79 Å². The number of rotatable bonds is 4. The predicted octanol–water partition coefficient (Wildman–Crippen LogP) is 2.12. The van der Waals surface area contributed by atoms with Crippen molar-refractivity contribution < 1.29 is 9.90 Å². The first-order valence-electron chi connectivity index (χ1n) is 7.31. The van der Waals surface area contributed by atoms with Crippen LogP contribution >= 0.6 is 0 Å². The van der Waals surface area contributed by atoms with Crippen LogP contribution in [-0.2, 0) is 0 Å². The van der Waals surface area contributed by atoms with Gasteiger partial charge in [0.05, 0.1) is 0 Å². The molecule has 1 atom stereocenters. The Balaban J connectivity index is 1.76. The van der Waals surface area contributed by atoms with Gasteiger partial charge >= 0.3 is 6.03 Å². The minimum atomic E-state index is 0.0872. The van der Waals surface area contributed by atoms with E-state index in [1.165, 1.54) is 32.1 Å². The van der Waals surface area contributed by atoms with Gasteiger partial charge < -0.3 is 15.3 Å². The summed E-state index contributed by atoms with van der Waals surface area (Å²) in [5, 5.41) is 11.8. The van der Waals surface area contributed by atoms with Crippen LogP contribution in [0.3, 0.4) is 0 Å². The molecule has 2 aliphatic rings. The zero-order valence-corrected chi connectivity index (χ0v) is 11.5. The molecule has 0 aromatic heterocycles. The highest BCUT2D eigenvalue weighted by molar-refractivity contribution is 5.74. The summed E-state index contributed by atoms with van der Waals surface area (Å²) in [5.41, 5.74) is 0.450. The molecule has 1 heterocycles. The van der Waals surface area contributed by atoms with Crippen LogP contribution in [0.2, 0.25) is 0 Å². The average molecular weight is 254 g/mol. The number of urea groups is 1. The normalized spacial score (nSPS) is 23.6. The molecule has 0 radical (unpaired) electrons. The van der Waals surface area contributed by atoms with Crippen LogP contribution in [-0.4, -0.2) is 41.8 Å². The predicted molar refractivity (Wildman–Crippen MR) is 71.4 cm³/mol. The number of likely N-dealkylation sites (tertiary alicyclic amines) is 1. The quantitative estimate of drug-likeness (QED) is 0.807. The highest BCUT2D eigenvalue weighted by Gasteiger charge is 2.41. The van der Waals surface area contributed by atoms with Crippen molar-refractivity contribution in [3.05, 3.63) is 0 Å². The van der Waals surface area contributed by atoms with E-state index in [4.69, 9.17) is 5.11 Å². The van der Waals surface area contributed by atoms with E-state index in [0.717, 1.165) is 25.9 Å². The summed E-state index contributed by atoms with van der Waals surface area (Å²) in [5.74, 6) is 0. The summed E-state index contributed by atoms with van der Waals surface area (Å²) < 4.78 is 0. The second kappa shape index (κ2) is 5.91. The first-order valence-corrected chi connectivity index (χ1v) is 7.31. The molecule has 1 unspecified atom stereocenters. The Morgan fingerprint density at radius 3 is 2.78 bits per heavy atom. The molecule has 104 valence electrons. The molecule has 4 heteroatoms. The lowest BCUT2D eigenvalue weighted by atomic mass is 9.86. The SMILES string of the molecule is CC(CCCO)NC(=O)N1CCC2(CCCC2)C1. The Hall–Kier alpha value is -0.770. The van der Waals surface area contributed by atoms with Crippen molar-refractivity contribution in [2.45, 2.75) is 57.9 Å². The van der Waals surface area contributed by atoms with Gasteiger partial charge in [-0.15, -0.1) is 0 Å². The fourth-order valence-electron chi connectivity index (χ4n) is 3.41. The van der Waals surface area contributed by atoms with Crippen molar-refractivity contribution in [3.8, 4) is 0 Å². The zero-order chi connectivity index (χ0) is 13.0. The minimum absolute atomic E-state index is 0.0872. The number of aliphatic hydroxyl groups excluding tert-OH is 1. The first kappa shape index (κ1) is 13.7. The molecule has 2 fully saturated rings. The van der Waals surface area contributed by atoms with Crippen molar-refractivity contribution in [1.29, 1.82) is 0 Å². The van der Waals surface area contributed by atoms with E-state index in [1.54, 1.807) is 0 Å². The maximum atomic E-state index is 12.1. The van der Waals surface area contributed by atoms with E-state index in [2.05, 4.69) is 5.32 Å². The van der Waals surface area contributed by atoms with Crippen molar-refractivity contribution in [1.82, 2.24) is 10.2 Å². The Morgan fingerprint density at radius 1 is 1.39 bits per heavy atom. The Labute approximate surface area is 110 Å². The summed E-state index contributed by atoms with van der Waals surface area (Å²) in [7, 11) is 0. The van der Waals surface area contributed by atoms with Gasteiger partial charge in [0, 0.05) is 25.7 Å². The van der Waals surface area contributed by atoms with Gasteiger partial charge in [0.15, 0.2) is 0 Å². The molecule has 1 saturated heterocycles. The van der Waals surface area contributed by atoms with Gasteiger partial charge in [-0.1, -0.05) is 12.8 Å². The maximum Gasteiger partial charge on any atom is 0.317 e. The second-order valence-electron chi connectivity index (χ2n) is 6.10. The monoisotopic (exact) mass is 254 g/mol. The van der Waals surface area contributed by atoms with Crippen molar-refractivity contribution in [2.24, 2.45) is 5.41 Å². The molecule has 1 aliphatic carbocycles. The highest BCUT2D eigenvalue weighted by Crippen LogP contribution is 2.45. The van der Waals surface area contributed by atoms with Gasteiger partial charge in [0.25, 0.3) is 0 Å². The molecular weight excluding hydrogens is 228 g/mol. The summed E-state index contributed by atoms with van der Waals surface area (Å²) in [6.07, 6.45) is 8.07. The smallest absolute Gasteiger partial charge is 0.317 e. The molecule has 0 aromatic carbocycles. The zero-order valence-electron chi connectivity index (χ0n) is 11.5. The van der Waals surface area contributed by atoms with Gasteiger partial charge in [0.2, 0.25) is 0 Å². The molecule has 1 aliphatic heterocycles. The summed E-state index contributed by atoms with van der Waals surface area (Å²) in [6, 6.07) is 0.244. The van der Waals surface area contributed by atoms with Crippen LogP contribution in [0.25, 0.3) is 0 Å². The highest BCUT2D eigenvalue weighted by atomic mass is 16.3. The number of carbonyl (C=O) groups is 1. The third-order valence-electron chi connectivity index (χ3n) is 4.55. The van der Waals surface area contributed by atoms with E-state index >= 15 is 0 Å². The Morgan fingerprint density at radius 2 is 2.11 bits per heavy atom. The third kappa shape index (κ3) is 3.16. The number of nitrogens with one attached hydrogen (secondary N) is 1. The van der Waals surface area contributed by atoms with E-state index in [0.29, 0.717) is 5.41 Å². The summed E-state index contributed by atoms with van der Waals surface area (Å²) in [4.78, 5) is 14.1. The van der Waals surface area contributed by atoms with E-state index in [-0.39, 0.29) is 18.7 Å². The summed E-state index contributed by atoms with van der Waals surface area (Å²) >= 11 is 0. The lowest BCUT2D eigenvalue weighted by Crippen LogP contribution is -2.43. The van der Waals surface area contributed by atoms with E-state index in [1.807, 2.05) is 11.8 Å². The van der Waals surface area contributed by atoms with Crippen LogP contribution < -0.4 is 5.32 Å². The third-order valence-corrected chi connectivity index (χ3v) is 4.55. The van der Waals surface area contributed by atoms with Gasteiger partial charge in [-0.3, -0.25) is 0 Å². The molecule has 0 aromatic rings. The van der Waals surface area contributed by atoms with Crippen molar-refractivity contribution >= 4 is 6.03 Å². The fraction of sp³-hybridized carbons (Fsp3) is 0.929. The van der Waals surface area contributed by atoms with Crippen LogP contribution in [0.15, 0.2) is 0 Å². The van der Waals surface area contributed by atoms with Gasteiger partial charge in [-0.05, 0) is 44.4 Å². The minimum Gasteiger partial charge on any atom is -0.396 e. The molecular formula is C14H26N2O2. The number of aliphatic hydroxyl groups is 1. The van der Waals surface area contributed by atoms with E-state index in [9.17, 15) is 4.79 Å². The molecule has 2 rings (SSSR count). The first-order chi connectivity index (χ1) is 8.65. The van der Waals surface area contributed by atoms with Crippen LogP contribution in [0.5, 0.6) is 0 Å². The molecule has 0 bridgehead atoms. The molecule has 2 N–H and O–H groups in total. The molecule has 1 spiro atoms. The summed E-state index contributed by atoms with van der Waals surface area (Å²) in [6.45, 7) is 4.08. The molecule has 2 amide bonds. The van der Waals surface area contributed by atoms with E-state index < -0.39 is 0 Å². The van der Waals surface area contributed by atoms with Crippen LogP contribution in [0, 0.1) is 5.41 Å². The lowest BCUT2D eigenvalue weighted by molar-refractivity contribution is 0.194. The second-order valence-corrected chi connectivity index (χ2v) is 6.10. The fourth-order valence-corrected chi connectivity index (χ4v) is 3.41. The standard InChI is InChI=1S/C14H26N2O2/c1-12(5-4-10-17)15-13(18)16-9-8-14(11-16)6-2-3-7-14/h12,17H,2-11H2,1H3,(H,15,18). The number of hydrogen-bond donors (Lipinski definition) is 2. The maximum absolute atomic E-state index is 12.1. The molecule has 4 nitrogen and oxygen atoms in total. The molecule has 1 saturated carbocycles. The van der Waals surface area contributed by atoms with Gasteiger partial charge in [0.1, 0.15) is 0 Å². The largest absolute Gasteiger partial charge is 0.396 e. The number of nitrogens with zero attached hydrogens (tertiary/aromatic N) is 1. The van der Waals surface area contributed by atoms with Crippen LogP contribution in [0.4, 0.5) is 4.79 Å². The van der Waals surface area contributed by atoms with Gasteiger partial charge in [-0.2, -0.15) is 0 Å². The molecule has 18 heavy (non-hydrogen) atoms. The Bertz CT molecular complexity index is 288. The topological polar surface area (TPSA) is 52.6 Å². The number of amides is 2. The number of carbonyl (C=O) groups excluding carboxylic acids is 1. The number of hydrogen-bond acceptors (Lipinski definition) is 2. The average Bonchev–Trinajstić information content (AvgIpc) is 2.98. The van der Waals surface area contributed by atoms with Crippen molar-refractivity contribution in [2.75, 3.05) is 19.7 Å². The Kier molecular flexibility index (Phi) is 4.49. The van der Waals surface area contributed by atoms with Crippen LogP contribution in [0.1, 0.15) is 51.9 Å².